The monoisotopic (exact) mass is 416 g/mol. The van der Waals surface area contributed by atoms with Crippen molar-refractivity contribution in [3.05, 3.63) is 50.8 Å². The first kappa shape index (κ1) is 15.8. The summed E-state index contributed by atoms with van der Waals surface area (Å²) in [4.78, 5) is 23.8. The molecule has 0 radical (unpaired) electrons. The molecule has 0 N–H and O–H groups in total. The van der Waals surface area contributed by atoms with E-state index in [2.05, 4.69) is 31.9 Å². The molecule has 2 rings (SSSR count). The van der Waals surface area contributed by atoms with Crippen molar-refractivity contribution in [1.82, 2.24) is 0 Å². The maximum atomic E-state index is 11.9. The summed E-state index contributed by atoms with van der Waals surface area (Å²) in [7, 11) is 0. The molecule has 0 aliphatic carbocycles. The molecular weight excluding hydrogens is 408 g/mol. The molecule has 0 unspecified atom stereocenters. The second-order valence-electron chi connectivity index (χ2n) is 3.85. The Balaban J connectivity index is 2.27. The first-order chi connectivity index (χ1) is 10.0. The van der Waals surface area contributed by atoms with Crippen LogP contribution in [0.1, 0.15) is 27.8 Å². The third kappa shape index (κ3) is 3.95. The molecule has 1 heterocycles. The van der Waals surface area contributed by atoms with Crippen molar-refractivity contribution < 1.29 is 23.5 Å². The van der Waals surface area contributed by atoms with Crippen LogP contribution in [0.5, 0.6) is 5.75 Å². The van der Waals surface area contributed by atoms with Crippen molar-refractivity contribution in [3.8, 4) is 5.75 Å². The largest absolute Gasteiger partial charge is 0.462 e. The van der Waals surface area contributed by atoms with E-state index in [0.717, 1.165) is 0 Å². The fourth-order valence-corrected chi connectivity index (χ4v) is 2.20. The highest BCUT2D eigenvalue weighted by Gasteiger charge is 2.19. The molecule has 0 saturated carbocycles. The topological polar surface area (TPSA) is 65.7 Å². The normalized spacial score (nSPS) is 10.2. The summed E-state index contributed by atoms with van der Waals surface area (Å²) in [6, 6.07) is 7.73. The summed E-state index contributed by atoms with van der Waals surface area (Å²) in [5, 5.41) is 0. The van der Waals surface area contributed by atoms with Crippen LogP contribution in [0.25, 0.3) is 0 Å². The minimum Gasteiger partial charge on any atom is -0.462 e. The predicted octanol–water partition coefficient (Wildman–Crippen LogP) is 4.20. The molecule has 0 fully saturated rings. The van der Waals surface area contributed by atoms with Gasteiger partial charge in [0.05, 0.1) is 6.61 Å². The summed E-state index contributed by atoms with van der Waals surface area (Å²) >= 11 is 6.36. The third-order valence-corrected chi connectivity index (χ3v) is 3.33. The van der Waals surface area contributed by atoms with Crippen LogP contribution >= 0.6 is 31.9 Å². The van der Waals surface area contributed by atoms with Crippen LogP contribution in [-0.2, 0) is 4.74 Å². The zero-order valence-corrected chi connectivity index (χ0v) is 14.1. The number of halogens is 2. The summed E-state index contributed by atoms with van der Waals surface area (Å²) in [6.07, 6.45) is 0. The Labute approximate surface area is 137 Å². The van der Waals surface area contributed by atoms with Crippen LogP contribution in [-0.4, -0.2) is 18.5 Å². The van der Waals surface area contributed by atoms with Gasteiger partial charge in [-0.3, -0.25) is 0 Å². The number of carbonyl (C=O) groups is 2. The first-order valence-corrected chi connectivity index (χ1v) is 7.54. The third-order valence-electron chi connectivity index (χ3n) is 2.41. The lowest BCUT2D eigenvalue weighted by molar-refractivity contribution is 0.0519. The summed E-state index contributed by atoms with van der Waals surface area (Å²) in [5.74, 6) is -1.13. The molecule has 0 bridgehead atoms. The van der Waals surface area contributed by atoms with E-state index in [1.807, 2.05) is 0 Å². The number of esters is 2. The molecule has 1 aromatic heterocycles. The number of carbonyl (C=O) groups excluding carboxylic acids is 2. The van der Waals surface area contributed by atoms with Crippen LogP contribution in [0, 0.1) is 0 Å². The Morgan fingerprint density at radius 1 is 1.14 bits per heavy atom. The maximum Gasteiger partial charge on any atom is 0.379 e. The SMILES string of the molecule is CCOC(=O)c1cc(Br)ccc1OC(=O)c1ccc(Br)o1. The van der Waals surface area contributed by atoms with Gasteiger partial charge in [0, 0.05) is 4.47 Å². The fourth-order valence-electron chi connectivity index (χ4n) is 1.53. The first-order valence-electron chi connectivity index (χ1n) is 5.95. The zero-order valence-electron chi connectivity index (χ0n) is 10.9. The van der Waals surface area contributed by atoms with Gasteiger partial charge in [-0.05, 0) is 53.2 Å². The van der Waals surface area contributed by atoms with Gasteiger partial charge in [0.15, 0.2) is 4.67 Å². The highest BCUT2D eigenvalue weighted by Crippen LogP contribution is 2.25. The second kappa shape index (κ2) is 6.91. The smallest absolute Gasteiger partial charge is 0.379 e. The van der Waals surface area contributed by atoms with Crippen molar-refractivity contribution in [2.75, 3.05) is 6.61 Å². The molecule has 0 atom stereocenters. The number of hydrogen-bond acceptors (Lipinski definition) is 5. The van der Waals surface area contributed by atoms with Crippen LogP contribution in [0.15, 0.2) is 43.9 Å². The quantitative estimate of drug-likeness (QED) is 0.550. The van der Waals surface area contributed by atoms with Crippen LogP contribution in [0.4, 0.5) is 0 Å². The number of hydrogen-bond donors (Lipinski definition) is 0. The number of benzene rings is 1. The van der Waals surface area contributed by atoms with Gasteiger partial charge in [0.2, 0.25) is 5.76 Å². The molecule has 0 saturated heterocycles. The minimum atomic E-state index is -0.700. The number of rotatable bonds is 4. The van der Waals surface area contributed by atoms with Gasteiger partial charge in [-0.15, -0.1) is 0 Å². The Morgan fingerprint density at radius 2 is 1.90 bits per heavy atom. The van der Waals surface area contributed by atoms with Crippen LogP contribution in [0.3, 0.4) is 0 Å². The lowest BCUT2D eigenvalue weighted by atomic mass is 10.2. The van der Waals surface area contributed by atoms with Gasteiger partial charge in [-0.2, -0.15) is 0 Å². The van der Waals surface area contributed by atoms with Crippen molar-refractivity contribution >= 4 is 43.8 Å². The van der Waals surface area contributed by atoms with Gasteiger partial charge in [-0.1, -0.05) is 15.9 Å². The average molecular weight is 418 g/mol. The van der Waals surface area contributed by atoms with E-state index in [4.69, 9.17) is 13.9 Å². The van der Waals surface area contributed by atoms with E-state index in [1.165, 1.54) is 18.2 Å². The van der Waals surface area contributed by atoms with Crippen molar-refractivity contribution in [1.29, 1.82) is 0 Å². The fraction of sp³-hybridized carbons (Fsp3) is 0.143. The molecule has 1 aromatic carbocycles. The van der Waals surface area contributed by atoms with Crippen molar-refractivity contribution in [2.45, 2.75) is 6.92 Å². The Morgan fingerprint density at radius 3 is 2.52 bits per heavy atom. The van der Waals surface area contributed by atoms with Gasteiger partial charge >= 0.3 is 11.9 Å². The Hall–Kier alpha value is -1.60. The molecular formula is C14H10Br2O5. The molecule has 0 amide bonds. The van der Waals surface area contributed by atoms with E-state index in [-0.39, 0.29) is 23.7 Å². The van der Waals surface area contributed by atoms with Gasteiger partial charge in [0.25, 0.3) is 0 Å². The standard InChI is InChI=1S/C14H10Br2O5/c1-2-19-13(17)9-7-8(15)3-4-10(9)21-14(18)11-5-6-12(16)20-11/h3-7H,2H2,1H3. The highest BCUT2D eigenvalue weighted by atomic mass is 79.9. The maximum absolute atomic E-state index is 11.9. The van der Waals surface area contributed by atoms with Gasteiger partial charge in [-0.25, -0.2) is 9.59 Å². The van der Waals surface area contributed by atoms with Crippen molar-refractivity contribution in [3.63, 3.8) is 0 Å². The highest BCUT2D eigenvalue weighted by molar-refractivity contribution is 9.10. The predicted molar refractivity (Wildman–Crippen MR) is 81.5 cm³/mol. The summed E-state index contributed by atoms with van der Waals surface area (Å²) in [5.41, 5.74) is 0.158. The summed E-state index contributed by atoms with van der Waals surface area (Å²) in [6.45, 7) is 1.92. The van der Waals surface area contributed by atoms with E-state index < -0.39 is 11.9 Å². The molecule has 0 spiro atoms. The molecule has 2 aromatic rings. The molecule has 0 aliphatic heterocycles. The lowest BCUT2D eigenvalue weighted by Crippen LogP contribution is -2.12. The van der Waals surface area contributed by atoms with E-state index >= 15 is 0 Å². The van der Waals surface area contributed by atoms with Crippen molar-refractivity contribution in [2.24, 2.45) is 0 Å². The van der Waals surface area contributed by atoms with E-state index in [9.17, 15) is 9.59 Å². The summed E-state index contributed by atoms with van der Waals surface area (Å²) < 4.78 is 16.3. The van der Waals surface area contributed by atoms with Crippen LogP contribution < -0.4 is 4.74 Å². The molecule has 110 valence electrons. The molecule has 7 heteroatoms. The van der Waals surface area contributed by atoms with Crippen LogP contribution in [0.2, 0.25) is 0 Å². The Kier molecular flexibility index (Phi) is 5.19. The van der Waals surface area contributed by atoms with Gasteiger partial charge < -0.3 is 13.9 Å². The van der Waals surface area contributed by atoms with E-state index in [0.29, 0.717) is 9.14 Å². The average Bonchev–Trinajstić information content (AvgIpc) is 2.87. The minimum absolute atomic E-state index is 0.0274. The van der Waals surface area contributed by atoms with Gasteiger partial charge in [0.1, 0.15) is 11.3 Å². The molecule has 21 heavy (non-hydrogen) atoms. The Bertz CT molecular complexity index is 678. The lowest BCUT2D eigenvalue weighted by Gasteiger charge is -2.09. The zero-order chi connectivity index (χ0) is 15.4. The number of furan rings is 1. The second-order valence-corrected chi connectivity index (χ2v) is 5.55. The molecule has 5 nitrogen and oxygen atoms in total. The number of ether oxygens (including phenoxy) is 2. The molecule has 0 aliphatic rings. The van der Waals surface area contributed by atoms with E-state index in [1.54, 1.807) is 19.1 Å².